The molecule has 11 heteroatoms. The van der Waals surface area contributed by atoms with Crippen LogP contribution in [0.5, 0.6) is 5.75 Å². The lowest BCUT2D eigenvalue weighted by Crippen LogP contribution is -2.45. The summed E-state index contributed by atoms with van der Waals surface area (Å²) in [7, 11) is -3.44. The number of sulfonamides is 1. The van der Waals surface area contributed by atoms with Crippen LogP contribution in [0.2, 0.25) is 0 Å². The second-order valence-electron chi connectivity index (χ2n) is 5.94. The average Bonchev–Trinajstić information content (AvgIpc) is 2.69. The third kappa shape index (κ3) is 7.33. The predicted molar refractivity (Wildman–Crippen MR) is 104 cm³/mol. The van der Waals surface area contributed by atoms with Gasteiger partial charge in [-0.3, -0.25) is 4.79 Å². The molecule has 0 radical (unpaired) electrons. The van der Waals surface area contributed by atoms with E-state index in [4.69, 9.17) is 9.47 Å². The van der Waals surface area contributed by atoms with Crippen LogP contribution >= 0.6 is 0 Å². The van der Waals surface area contributed by atoms with Crippen molar-refractivity contribution in [2.24, 2.45) is 0 Å². The molecule has 0 unspecified atom stereocenters. The van der Waals surface area contributed by atoms with Crippen molar-refractivity contribution in [3.63, 3.8) is 0 Å². The van der Waals surface area contributed by atoms with Crippen LogP contribution in [0, 0.1) is 0 Å². The van der Waals surface area contributed by atoms with E-state index in [2.05, 4.69) is 16.0 Å². The Hall–Kier alpha value is -2.37. The molecule has 0 saturated carbocycles. The number of morpholine rings is 1. The van der Waals surface area contributed by atoms with Gasteiger partial charge in [0.15, 0.2) is 0 Å². The fraction of sp³-hybridized carbons (Fsp3) is 0.529. The Morgan fingerprint density at radius 2 is 1.82 bits per heavy atom. The minimum atomic E-state index is -3.44. The van der Waals surface area contributed by atoms with Crippen molar-refractivity contribution in [3.8, 4) is 5.75 Å². The van der Waals surface area contributed by atoms with Gasteiger partial charge in [-0.05, 0) is 31.2 Å². The van der Waals surface area contributed by atoms with Crippen LogP contribution in [0.4, 0.5) is 10.5 Å². The first kappa shape index (κ1) is 21.9. The SMILES string of the molecule is CCOc1ccc(NC(=O)CNC(=O)NCCS(=O)(=O)N2CCOCC2)cc1. The van der Waals surface area contributed by atoms with Gasteiger partial charge in [-0.25, -0.2) is 13.2 Å². The van der Waals surface area contributed by atoms with Gasteiger partial charge < -0.3 is 25.4 Å². The van der Waals surface area contributed by atoms with E-state index in [-0.39, 0.29) is 18.8 Å². The molecule has 1 aromatic carbocycles. The summed E-state index contributed by atoms with van der Waals surface area (Å²) in [4.78, 5) is 23.6. The highest BCUT2D eigenvalue weighted by Crippen LogP contribution is 2.15. The van der Waals surface area contributed by atoms with E-state index >= 15 is 0 Å². The van der Waals surface area contributed by atoms with Gasteiger partial charge in [0.25, 0.3) is 0 Å². The quantitative estimate of drug-likeness (QED) is 0.522. The van der Waals surface area contributed by atoms with Crippen LogP contribution < -0.4 is 20.7 Å². The topological polar surface area (TPSA) is 126 Å². The molecule has 28 heavy (non-hydrogen) atoms. The van der Waals surface area contributed by atoms with E-state index in [0.717, 1.165) is 0 Å². The van der Waals surface area contributed by atoms with Gasteiger partial charge >= 0.3 is 6.03 Å². The molecule has 1 heterocycles. The highest BCUT2D eigenvalue weighted by molar-refractivity contribution is 7.89. The van der Waals surface area contributed by atoms with Crippen molar-refractivity contribution in [3.05, 3.63) is 24.3 Å². The van der Waals surface area contributed by atoms with Crippen molar-refractivity contribution in [1.82, 2.24) is 14.9 Å². The second kappa shape index (κ2) is 10.8. The minimum absolute atomic E-state index is 0.0496. The van der Waals surface area contributed by atoms with Gasteiger partial charge in [0.05, 0.1) is 32.1 Å². The maximum atomic E-state index is 12.1. The number of nitrogens with zero attached hydrogens (tertiary/aromatic N) is 1. The molecule has 1 aromatic rings. The van der Waals surface area contributed by atoms with Crippen molar-refractivity contribution in [2.75, 3.05) is 57.1 Å². The maximum absolute atomic E-state index is 12.1. The van der Waals surface area contributed by atoms with Crippen molar-refractivity contribution < 1.29 is 27.5 Å². The molecular formula is C17H26N4O6S. The van der Waals surface area contributed by atoms with Crippen molar-refractivity contribution in [1.29, 1.82) is 0 Å². The summed E-state index contributed by atoms with van der Waals surface area (Å²) in [6, 6.07) is 6.24. The molecule has 0 aliphatic carbocycles. The smallest absolute Gasteiger partial charge is 0.315 e. The molecule has 1 saturated heterocycles. The van der Waals surface area contributed by atoms with Crippen molar-refractivity contribution >= 4 is 27.6 Å². The lowest BCUT2D eigenvalue weighted by molar-refractivity contribution is -0.115. The molecule has 156 valence electrons. The van der Waals surface area contributed by atoms with Gasteiger partial charge in [0.1, 0.15) is 5.75 Å². The third-order valence-corrected chi connectivity index (χ3v) is 5.74. The number of benzene rings is 1. The monoisotopic (exact) mass is 414 g/mol. The second-order valence-corrected chi connectivity index (χ2v) is 8.03. The maximum Gasteiger partial charge on any atom is 0.315 e. The number of nitrogens with one attached hydrogen (secondary N) is 3. The zero-order chi connectivity index (χ0) is 20.4. The summed E-state index contributed by atoms with van der Waals surface area (Å²) in [5.74, 6) is 0.0870. The van der Waals surface area contributed by atoms with Crippen molar-refractivity contribution in [2.45, 2.75) is 6.92 Å². The molecule has 1 aliphatic rings. The molecule has 0 bridgehead atoms. The molecule has 1 aliphatic heterocycles. The first-order chi connectivity index (χ1) is 13.4. The Morgan fingerprint density at radius 1 is 1.14 bits per heavy atom. The zero-order valence-electron chi connectivity index (χ0n) is 15.8. The minimum Gasteiger partial charge on any atom is -0.494 e. The van der Waals surface area contributed by atoms with Crippen LogP contribution in [-0.2, 0) is 19.6 Å². The number of amides is 3. The van der Waals surface area contributed by atoms with E-state index in [1.54, 1.807) is 24.3 Å². The number of hydrogen-bond donors (Lipinski definition) is 3. The highest BCUT2D eigenvalue weighted by Gasteiger charge is 2.23. The third-order valence-electron chi connectivity index (χ3n) is 3.87. The van der Waals surface area contributed by atoms with Gasteiger partial charge in [0.2, 0.25) is 15.9 Å². The Balaban J connectivity index is 1.65. The van der Waals surface area contributed by atoms with Gasteiger partial charge in [-0.1, -0.05) is 0 Å². The molecular weight excluding hydrogens is 388 g/mol. The van der Waals surface area contributed by atoms with E-state index in [1.807, 2.05) is 6.92 Å². The average molecular weight is 414 g/mol. The summed E-state index contributed by atoms with van der Waals surface area (Å²) in [5.41, 5.74) is 0.576. The van der Waals surface area contributed by atoms with Gasteiger partial charge in [-0.2, -0.15) is 4.31 Å². The standard InChI is InChI=1S/C17H26N4O6S/c1-2-27-15-5-3-14(4-6-15)20-16(22)13-19-17(23)18-7-12-28(24,25)21-8-10-26-11-9-21/h3-6H,2,7-13H2,1H3,(H,20,22)(H2,18,19,23). The lowest BCUT2D eigenvalue weighted by atomic mass is 10.3. The van der Waals surface area contributed by atoms with Crippen LogP contribution in [0.1, 0.15) is 6.92 Å². The number of rotatable bonds is 9. The van der Waals surface area contributed by atoms with Crippen LogP contribution in [0.15, 0.2) is 24.3 Å². The van der Waals surface area contributed by atoms with E-state index in [0.29, 0.717) is 44.3 Å². The summed E-state index contributed by atoms with van der Waals surface area (Å²) in [5, 5.41) is 7.46. The van der Waals surface area contributed by atoms with E-state index in [9.17, 15) is 18.0 Å². The van der Waals surface area contributed by atoms with Crippen LogP contribution in [-0.4, -0.2) is 76.4 Å². The fourth-order valence-corrected chi connectivity index (χ4v) is 3.80. The Labute approximate surface area is 164 Å². The number of ether oxygens (including phenoxy) is 2. The van der Waals surface area contributed by atoms with Crippen LogP contribution in [0.3, 0.4) is 0 Å². The Bertz CT molecular complexity index is 747. The number of hydrogen-bond acceptors (Lipinski definition) is 6. The molecule has 0 atom stereocenters. The highest BCUT2D eigenvalue weighted by atomic mass is 32.2. The number of carbonyl (C=O) groups is 2. The summed E-state index contributed by atoms with van der Waals surface area (Å²) in [6.07, 6.45) is 0. The zero-order valence-corrected chi connectivity index (χ0v) is 16.6. The summed E-state index contributed by atoms with van der Waals surface area (Å²) < 4.78 is 36.0. The largest absolute Gasteiger partial charge is 0.494 e. The molecule has 0 aromatic heterocycles. The normalized spacial score (nSPS) is 14.9. The molecule has 1 fully saturated rings. The number of carbonyl (C=O) groups excluding carboxylic acids is 2. The lowest BCUT2D eigenvalue weighted by Gasteiger charge is -2.26. The summed E-state index contributed by atoms with van der Waals surface area (Å²) in [6.45, 7) is 3.53. The van der Waals surface area contributed by atoms with E-state index < -0.39 is 22.0 Å². The predicted octanol–water partition coefficient (Wildman–Crippen LogP) is -0.0150. The molecule has 3 amide bonds. The molecule has 10 nitrogen and oxygen atoms in total. The summed E-state index contributed by atoms with van der Waals surface area (Å²) >= 11 is 0. The Morgan fingerprint density at radius 3 is 2.46 bits per heavy atom. The molecule has 0 spiro atoms. The molecule has 3 N–H and O–H groups in total. The number of urea groups is 1. The number of anilines is 1. The van der Waals surface area contributed by atoms with E-state index in [1.165, 1.54) is 4.31 Å². The fourth-order valence-electron chi connectivity index (χ4n) is 2.48. The van der Waals surface area contributed by atoms with Gasteiger partial charge in [-0.15, -0.1) is 0 Å². The van der Waals surface area contributed by atoms with Gasteiger partial charge in [0, 0.05) is 25.3 Å². The molecule has 2 rings (SSSR count). The Kier molecular flexibility index (Phi) is 8.48. The van der Waals surface area contributed by atoms with Crippen LogP contribution in [0.25, 0.3) is 0 Å². The first-order valence-electron chi connectivity index (χ1n) is 9.00. The first-order valence-corrected chi connectivity index (χ1v) is 10.6.